The van der Waals surface area contributed by atoms with Crippen molar-refractivity contribution in [2.45, 2.75) is 39.8 Å². The molecule has 0 saturated carbocycles. The van der Waals surface area contributed by atoms with Crippen molar-refractivity contribution in [3.8, 4) is 0 Å². The molecule has 1 aromatic carbocycles. The summed E-state index contributed by atoms with van der Waals surface area (Å²) in [6.45, 7) is 6.68. The molecule has 3 nitrogen and oxygen atoms in total. The van der Waals surface area contributed by atoms with E-state index in [-0.39, 0.29) is 5.82 Å². The van der Waals surface area contributed by atoms with Crippen LogP contribution < -0.4 is 5.32 Å². The van der Waals surface area contributed by atoms with E-state index in [1.165, 1.54) is 0 Å². The number of nitrogens with one attached hydrogen (secondary N) is 1. The van der Waals surface area contributed by atoms with Gasteiger partial charge in [0.25, 0.3) is 0 Å². The monoisotopic (exact) mass is 275 g/mol. The van der Waals surface area contributed by atoms with Crippen LogP contribution in [-0.2, 0) is 19.5 Å². The lowest BCUT2D eigenvalue weighted by Gasteiger charge is -2.09. The van der Waals surface area contributed by atoms with Crippen molar-refractivity contribution in [1.29, 1.82) is 0 Å². The van der Waals surface area contributed by atoms with Gasteiger partial charge in [0.05, 0.1) is 0 Å². The van der Waals surface area contributed by atoms with Crippen LogP contribution in [0.2, 0.25) is 0 Å². The molecule has 0 saturated heterocycles. The average molecular weight is 275 g/mol. The Morgan fingerprint density at radius 2 is 2.15 bits per heavy atom. The lowest BCUT2D eigenvalue weighted by Crippen LogP contribution is -2.12. The molecule has 0 aliphatic rings. The molecule has 0 unspecified atom stereocenters. The third kappa shape index (κ3) is 3.67. The third-order valence-electron chi connectivity index (χ3n) is 3.31. The Balaban J connectivity index is 2.11. The first kappa shape index (κ1) is 14.7. The van der Waals surface area contributed by atoms with E-state index in [0.717, 1.165) is 30.9 Å². The van der Waals surface area contributed by atoms with Gasteiger partial charge in [-0.1, -0.05) is 26.0 Å². The Labute approximate surface area is 119 Å². The SMILES string of the molecule is CCCn1ccnc1Cc1ccc(CNCC)cc1F. The molecule has 0 fully saturated rings. The summed E-state index contributed by atoms with van der Waals surface area (Å²) in [7, 11) is 0. The Morgan fingerprint density at radius 1 is 1.30 bits per heavy atom. The molecule has 4 heteroatoms. The Morgan fingerprint density at radius 3 is 2.85 bits per heavy atom. The lowest BCUT2D eigenvalue weighted by atomic mass is 10.1. The summed E-state index contributed by atoms with van der Waals surface area (Å²) in [5.74, 6) is 0.775. The maximum atomic E-state index is 14.1. The third-order valence-corrected chi connectivity index (χ3v) is 3.31. The molecule has 0 radical (unpaired) electrons. The first-order valence-electron chi connectivity index (χ1n) is 7.22. The van der Waals surface area contributed by atoms with Gasteiger partial charge in [-0.2, -0.15) is 0 Å². The van der Waals surface area contributed by atoms with Gasteiger partial charge in [0, 0.05) is 31.9 Å². The second kappa shape index (κ2) is 7.20. The van der Waals surface area contributed by atoms with Gasteiger partial charge in [-0.25, -0.2) is 9.37 Å². The zero-order valence-electron chi connectivity index (χ0n) is 12.2. The summed E-state index contributed by atoms with van der Waals surface area (Å²) in [5, 5.41) is 3.20. The first-order chi connectivity index (χ1) is 9.74. The molecule has 0 amide bonds. The molecule has 0 aliphatic heterocycles. The minimum absolute atomic E-state index is 0.147. The molecular formula is C16H22FN3. The van der Waals surface area contributed by atoms with E-state index in [1.807, 2.05) is 25.3 Å². The summed E-state index contributed by atoms with van der Waals surface area (Å²) in [4.78, 5) is 4.33. The highest BCUT2D eigenvalue weighted by molar-refractivity contribution is 5.27. The van der Waals surface area contributed by atoms with E-state index in [9.17, 15) is 4.39 Å². The van der Waals surface area contributed by atoms with Crippen LogP contribution in [0.25, 0.3) is 0 Å². The fourth-order valence-corrected chi connectivity index (χ4v) is 2.24. The molecule has 0 atom stereocenters. The van der Waals surface area contributed by atoms with E-state index in [1.54, 1.807) is 12.3 Å². The summed E-state index contributed by atoms with van der Waals surface area (Å²) < 4.78 is 16.2. The molecule has 1 N–H and O–H groups in total. The molecule has 2 rings (SSSR count). The zero-order valence-corrected chi connectivity index (χ0v) is 12.2. The van der Waals surface area contributed by atoms with Crippen molar-refractivity contribution in [1.82, 2.24) is 14.9 Å². The minimum Gasteiger partial charge on any atom is -0.335 e. The van der Waals surface area contributed by atoms with E-state index >= 15 is 0 Å². The summed E-state index contributed by atoms with van der Waals surface area (Å²) >= 11 is 0. The van der Waals surface area contributed by atoms with Crippen molar-refractivity contribution >= 4 is 0 Å². The van der Waals surface area contributed by atoms with E-state index in [4.69, 9.17) is 0 Å². The number of nitrogens with zero attached hydrogens (tertiary/aromatic N) is 2. The second-order valence-corrected chi connectivity index (χ2v) is 4.92. The maximum Gasteiger partial charge on any atom is 0.127 e. The normalized spacial score (nSPS) is 10.9. The van der Waals surface area contributed by atoms with E-state index in [2.05, 4.69) is 21.8 Å². The van der Waals surface area contributed by atoms with Gasteiger partial charge in [0.15, 0.2) is 0 Å². The fraction of sp³-hybridized carbons (Fsp3) is 0.438. The van der Waals surface area contributed by atoms with Gasteiger partial charge in [0.1, 0.15) is 11.6 Å². The standard InChI is InChI=1S/C16H22FN3/c1-3-8-20-9-7-19-16(20)11-14-6-5-13(10-15(14)17)12-18-4-2/h5-7,9-10,18H,3-4,8,11-12H2,1-2H3. The van der Waals surface area contributed by atoms with Gasteiger partial charge < -0.3 is 9.88 Å². The van der Waals surface area contributed by atoms with Crippen molar-refractivity contribution in [3.05, 3.63) is 53.4 Å². The number of imidazole rings is 1. The van der Waals surface area contributed by atoms with Crippen LogP contribution >= 0.6 is 0 Å². The van der Waals surface area contributed by atoms with Crippen LogP contribution in [0.4, 0.5) is 4.39 Å². The highest BCUT2D eigenvalue weighted by Gasteiger charge is 2.08. The minimum atomic E-state index is -0.147. The largest absolute Gasteiger partial charge is 0.335 e. The van der Waals surface area contributed by atoms with Crippen LogP contribution in [0.3, 0.4) is 0 Å². The fourth-order valence-electron chi connectivity index (χ4n) is 2.24. The molecule has 0 aliphatic carbocycles. The number of aromatic nitrogens is 2. The number of rotatable bonds is 7. The summed E-state index contributed by atoms with van der Waals surface area (Å²) in [6.07, 6.45) is 5.33. The number of benzene rings is 1. The number of hydrogen-bond donors (Lipinski definition) is 1. The van der Waals surface area contributed by atoms with Crippen LogP contribution in [0.15, 0.2) is 30.6 Å². The first-order valence-corrected chi connectivity index (χ1v) is 7.22. The van der Waals surface area contributed by atoms with Crippen LogP contribution in [0, 0.1) is 5.82 Å². The number of aryl methyl sites for hydroxylation is 1. The Hall–Kier alpha value is -1.68. The van der Waals surface area contributed by atoms with Crippen LogP contribution in [0.5, 0.6) is 0 Å². The predicted octanol–water partition coefficient (Wildman–Crippen LogP) is 3.13. The highest BCUT2D eigenvalue weighted by Crippen LogP contribution is 2.15. The number of hydrogen-bond acceptors (Lipinski definition) is 2. The zero-order chi connectivity index (χ0) is 14.4. The number of halogens is 1. The summed E-state index contributed by atoms with van der Waals surface area (Å²) in [6, 6.07) is 5.46. The van der Waals surface area contributed by atoms with Crippen molar-refractivity contribution in [3.63, 3.8) is 0 Å². The van der Waals surface area contributed by atoms with Gasteiger partial charge in [-0.15, -0.1) is 0 Å². The second-order valence-electron chi connectivity index (χ2n) is 4.92. The molecule has 1 aromatic heterocycles. The molecule has 1 heterocycles. The highest BCUT2D eigenvalue weighted by atomic mass is 19.1. The van der Waals surface area contributed by atoms with Crippen molar-refractivity contribution in [2.24, 2.45) is 0 Å². The average Bonchev–Trinajstić information content (AvgIpc) is 2.87. The maximum absolute atomic E-state index is 14.1. The predicted molar refractivity (Wildman–Crippen MR) is 79.1 cm³/mol. The molecule has 20 heavy (non-hydrogen) atoms. The Bertz CT molecular complexity index is 548. The van der Waals surface area contributed by atoms with Gasteiger partial charge in [0.2, 0.25) is 0 Å². The molecule has 108 valence electrons. The van der Waals surface area contributed by atoms with Crippen LogP contribution in [0.1, 0.15) is 37.2 Å². The molecule has 2 aromatic rings. The smallest absolute Gasteiger partial charge is 0.127 e. The van der Waals surface area contributed by atoms with Crippen LogP contribution in [-0.4, -0.2) is 16.1 Å². The van der Waals surface area contributed by atoms with E-state index < -0.39 is 0 Å². The molecular weight excluding hydrogens is 253 g/mol. The molecule has 0 bridgehead atoms. The topological polar surface area (TPSA) is 29.9 Å². The molecule has 0 spiro atoms. The van der Waals surface area contributed by atoms with Gasteiger partial charge in [-0.3, -0.25) is 0 Å². The quantitative estimate of drug-likeness (QED) is 0.841. The lowest BCUT2D eigenvalue weighted by molar-refractivity contribution is 0.598. The van der Waals surface area contributed by atoms with Crippen molar-refractivity contribution < 1.29 is 4.39 Å². The summed E-state index contributed by atoms with van der Waals surface area (Å²) in [5.41, 5.74) is 1.68. The van der Waals surface area contributed by atoms with Crippen molar-refractivity contribution in [2.75, 3.05) is 6.54 Å². The van der Waals surface area contributed by atoms with Gasteiger partial charge in [-0.05, 0) is 30.2 Å². The Kier molecular flexibility index (Phi) is 5.30. The van der Waals surface area contributed by atoms with Gasteiger partial charge >= 0.3 is 0 Å². The van der Waals surface area contributed by atoms with E-state index in [0.29, 0.717) is 18.5 Å².